The van der Waals surface area contributed by atoms with E-state index in [0.717, 1.165) is 11.5 Å². The molecule has 1 aromatic carbocycles. The predicted octanol–water partition coefficient (Wildman–Crippen LogP) is 4.30. The lowest BCUT2D eigenvalue weighted by Crippen LogP contribution is -2.41. The van der Waals surface area contributed by atoms with Gasteiger partial charge in [-0.3, -0.25) is 0 Å². The Morgan fingerprint density at radius 3 is 2.78 bits per heavy atom. The lowest BCUT2D eigenvalue weighted by Gasteiger charge is -2.36. The average Bonchev–Trinajstić information content (AvgIpc) is 2.35. The number of nitrogens with one attached hydrogen (secondary N) is 1. The highest BCUT2D eigenvalue weighted by Gasteiger charge is 2.27. The average molecular weight is 249 g/mol. The highest BCUT2D eigenvalue weighted by Crippen LogP contribution is 2.31. The first kappa shape index (κ1) is 13.5. The molecule has 1 aromatic rings. The smallest absolute Gasteiger partial charge is 0.123 e. The lowest BCUT2D eigenvalue weighted by atomic mass is 9.77. The van der Waals surface area contributed by atoms with Gasteiger partial charge in [-0.2, -0.15) is 0 Å². The Morgan fingerprint density at radius 2 is 2.06 bits per heavy atom. The van der Waals surface area contributed by atoms with Crippen LogP contribution in [0.2, 0.25) is 0 Å². The van der Waals surface area contributed by atoms with Crippen molar-refractivity contribution in [1.29, 1.82) is 0 Å². The zero-order chi connectivity index (χ0) is 13.1. The first-order chi connectivity index (χ1) is 8.58. The van der Waals surface area contributed by atoms with E-state index in [0.29, 0.717) is 12.0 Å². The second-order valence-electron chi connectivity index (χ2n) is 5.82. The van der Waals surface area contributed by atoms with E-state index >= 15 is 0 Å². The molecular formula is C16H24FN. The fourth-order valence-electron chi connectivity index (χ4n) is 3.01. The van der Waals surface area contributed by atoms with E-state index in [-0.39, 0.29) is 11.9 Å². The first-order valence-electron chi connectivity index (χ1n) is 7.09. The minimum atomic E-state index is -0.147. The topological polar surface area (TPSA) is 12.0 Å². The molecule has 3 unspecified atom stereocenters. The van der Waals surface area contributed by atoms with E-state index < -0.39 is 0 Å². The van der Waals surface area contributed by atoms with Crippen LogP contribution >= 0.6 is 0 Å². The van der Waals surface area contributed by atoms with Crippen LogP contribution in [0.15, 0.2) is 24.3 Å². The highest BCUT2D eigenvalue weighted by atomic mass is 19.1. The summed E-state index contributed by atoms with van der Waals surface area (Å²) >= 11 is 0. The van der Waals surface area contributed by atoms with E-state index in [1.807, 2.05) is 6.07 Å². The van der Waals surface area contributed by atoms with Crippen molar-refractivity contribution in [1.82, 2.24) is 5.32 Å². The van der Waals surface area contributed by atoms with Crippen molar-refractivity contribution in [3.63, 3.8) is 0 Å². The molecule has 1 aliphatic carbocycles. The summed E-state index contributed by atoms with van der Waals surface area (Å²) in [5.74, 6) is 1.34. The fourth-order valence-corrected chi connectivity index (χ4v) is 3.01. The van der Waals surface area contributed by atoms with Gasteiger partial charge in [-0.1, -0.05) is 38.8 Å². The van der Waals surface area contributed by atoms with Crippen molar-refractivity contribution >= 4 is 0 Å². The fraction of sp³-hybridized carbons (Fsp3) is 0.625. The van der Waals surface area contributed by atoms with Gasteiger partial charge in [0.1, 0.15) is 5.82 Å². The van der Waals surface area contributed by atoms with E-state index in [9.17, 15) is 4.39 Å². The van der Waals surface area contributed by atoms with Crippen LogP contribution < -0.4 is 5.32 Å². The van der Waals surface area contributed by atoms with Gasteiger partial charge in [0.25, 0.3) is 0 Å². The van der Waals surface area contributed by atoms with Crippen molar-refractivity contribution in [2.24, 2.45) is 11.8 Å². The Bertz CT molecular complexity index is 390. The molecule has 100 valence electrons. The van der Waals surface area contributed by atoms with Crippen LogP contribution in [0, 0.1) is 17.7 Å². The Morgan fingerprint density at radius 1 is 1.28 bits per heavy atom. The molecule has 4 atom stereocenters. The van der Waals surface area contributed by atoms with Gasteiger partial charge in [-0.05, 0) is 42.9 Å². The van der Waals surface area contributed by atoms with Crippen LogP contribution in [-0.4, -0.2) is 6.04 Å². The molecule has 1 aliphatic rings. The second-order valence-corrected chi connectivity index (χ2v) is 5.82. The zero-order valence-electron chi connectivity index (χ0n) is 11.6. The van der Waals surface area contributed by atoms with Gasteiger partial charge in [0.15, 0.2) is 0 Å². The number of hydrogen-bond acceptors (Lipinski definition) is 1. The van der Waals surface area contributed by atoms with E-state index in [4.69, 9.17) is 0 Å². The maximum Gasteiger partial charge on any atom is 0.123 e. The molecule has 1 nitrogen and oxygen atoms in total. The molecule has 1 N–H and O–H groups in total. The van der Waals surface area contributed by atoms with Gasteiger partial charge < -0.3 is 5.32 Å². The van der Waals surface area contributed by atoms with Gasteiger partial charge in [-0.15, -0.1) is 0 Å². The van der Waals surface area contributed by atoms with Gasteiger partial charge in [0, 0.05) is 12.1 Å². The largest absolute Gasteiger partial charge is 0.307 e. The summed E-state index contributed by atoms with van der Waals surface area (Å²) in [4.78, 5) is 0. The van der Waals surface area contributed by atoms with Gasteiger partial charge >= 0.3 is 0 Å². The van der Waals surface area contributed by atoms with Gasteiger partial charge in [0.2, 0.25) is 0 Å². The van der Waals surface area contributed by atoms with Crippen molar-refractivity contribution in [2.75, 3.05) is 0 Å². The number of hydrogen-bond donors (Lipinski definition) is 1. The highest BCUT2D eigenvalue weighted by molar-refractivity contribution is 5.19. The van der Waals surface area contributed by atoms with Gasteiger partial charge in [-0.25, -0.2) is 4.39 Å². The second kappa shape index (κ2) is 5.83. The van der Waals surface area contributed by atoms with Crippen molar-refractivity contribution in [3.8, 4) is 0 Å². The summed E-state index contributed by atoms with van der Waals surface area (Å²) in [6.07, 6.45) is 3.89. The maximum absolute atomic E-state index is 13.2. The summed E-state index contributed by atoms with van der Waals surface area (Å²) in [5, 5.41) is 3.68. The minimum Gasteiger partial charge on any atom is -0.307 e. The SMILES string of the molecule is CC1CCCC(N[C@H](C)c2cccc(F)c2)C1C. The maximum atomic E-state index is 13.2. The zero-order valence-corrected chi connectivity index (χ0v) is 11.6. The molecule has 0 bridgehead atoms. The Kier molecular flexibility index (Phi) is 4.39. The monoisotopic (exact) mass is 249 g/mol. The summed E-state index contributed by atoms with van der Waals surface area (Å²) in [6.45, 7) is 6.80. The molecule has 2 heteroatoms. The Labute approximate surface area is 110 Å². The Balaban J connectivity index is 2.00. The molecule has 1 saturated carbocycles. The third-order valence-corrected chi connectivity index (χ3v) is 4.52. The lowest BCUT2D eigenvalue weighted by molar-refractivity contribution is 0.196. The number of rotatable bonds is 3. The van der Waals surface area contributed by atoms with Crippen LogP contribution in [-0.2, 0) is 0 Å². The van der Waals surface area contributed by atoms with E-state index in [2.05, 4.69) is 26.1 Å². The summed E-state index contributed by atoms with van der Waals surface area (Å²) < 4.78 is 13.2. The third-order valence-electron chi connectivity index (χ3n) is 4.52. The van der Waals surface area contributed by atoms with Crippen molar-refractivity contribution in [2.45, 2.75) is 52.1 Å². The molecule has 0 heterocycles. The molecule has 18 heavy (non-hydrogen) atoms. The predicted molar refractivity (Wildman–Crippen MR) is 73.9 cm³/mol. The van der Waals surface area contributed by atoms with E-state index in [1.54, 1.807) is 12.1 Å². The van der Waals surface area contributed by atoms with Crippen LogP contribution in [0.5, 0.6) is 0 Å². The van der Waals surface area contributed by atoms with Crippen molar-refractivity contribution < 1.29 is 4.39 Å². The summed E-state index contributed by atoms with van der Waals surface area (Å²) in [5.41, 5.74) is 1.04. The van der Waals surface area contributed by atoms with E-state index in [1.165, 1.54) is 25.3 Å². The van der Waals surface area contributed by atoms with Crippen molar-refractivity contribution in [3.05, 3.63) is 35.6 Å². The molecule has 0 radical (unpaired) electrons. The molecule has 1 fully saturated rings. The van der Waals surface area contributed by atoms with Crippen LogP contribution in [0.25, 0.3) is 0 Å². The molecule has 2 rings (SSSR count). The standard InChI is InChI=1S/C16H24FN/c1-11-6-4-9-16(12(11)2)18-13(3)14-7-5-8-15(17)10-14/h5,7-8,10-13,16,18H,4,6,9H2,1-3H3/t11?,12?,13-,16?/m1/s1. The number of halogens is 1. The normalized spacial score (nSPS) is 30.1. The summed E-state index contributed by atoms with van der Waals surface area (Å²) in [7, 11) is 0. The molecule has 0 saturated heterocycles. The van der Waals surface area contributed by atoms with Gasteiger partial charge in [0.05, 0.1) is 0 Å². The van der Waals surface area contributed by atoms with Crippen LogP contribution in [0.1, 0.15) is 51.6 Å². The molecule has 0 aromatic heterocycles. The quantitative estimate of drug-likeness (QED) is 0.842. The first-order valence-corrected chi connectivity index (χ1v) is 7.09. The minimum absolute atomic E-state index is 0.147. The molecular weight excluding hydrogens is 225 g/mol. The molecule has 0 spiro atoms. The molecule has 0 aliphatic heterocycles. The van der Waals surface area contributed by atoms with Crippen LogP contribution in [0.3, 0.4) is 0 Å². The van der Waals surface area contributed by atoms with Crippen LogP contribution in [0.4, 0.5) is 4.39 Å². The number of benzene rings is 1. The Hall–Kier alpha value is -0.890. The third kappa shape index (κ3) is 3.11. The summed E-state index contributed by atoms with van der Waals surface area (Å²) in [6, 6.07) is 7.70. The molecule has 0 amide bonds.